The Labute approximate surface area is 127 Å². The van der Waals surface area contributed by atoms with Gasteiger partial charge in [-0.15, -0.1) is 0 Å². The van der Waals surface area contributed by atoms with Crippen molar-refractivity contribution < 1.29 is 5.11 Å². The number of nitrogens with one attached hydrogen (secondary N) is 1. The molecule has 112 valence electrons. The van der Waals surface area contributed by atoms with Crippen LogP contribution in [0.1, 0.15) is 40.8 Å². The van der Waals surface area contributed by atoms with Crippen LogP contribution < -0.4 is 5.32 Å². The molecule has 0 aromatic heterocycles. The largest absolute Gasteiger partial charge is 0.387 e. The minimum atomic E-state index is -0.491. The number of hydrogen-bond donors (Lipinski definition) is 2. The molecule has 21 heavy (non-hydrogen) atoms. The molecule has 0 fully saturated rings. The molecule has 2 heteroatoms. The van der Waals surface area contributed by atoms with Gasteiger partial charge in [-0.3, -0.25) is 0 Å². The van der Waals surface area contributed by atoms with Gasteiger partial charge in [-0.05, 0) is 49.9 Å². The van der Waals surface area contributed by atoms with E-state index >= 15 is 0 Å². The van der Waals surface area contributed by atoms with Gasteiger partial charge in [0.1, 0.15) is 0 Å². The molecular weight excluding hydrogens is 258 g/mol. The Bertz CT molecular complexity index is 569. The van der Waals surface area contributed by atoms with E-state index in [2.05, 4.69) is 50.4 Å². The number of benzene rings is 2. The molecule has 0 spiro atoms. The summed E-state index contributed by atoms with van der Waals surface area (Å²) in [6.45, 7) is 9.04. The highest BCUT2D eigenvalue weighted by atomic mass is 16.3. The average molecular weight is 283 g/mol. The average Bonchev–Trinajstić information content (AvgIpc) is 2.44. The molecular formula is C19H25NO. The van der Waals surface area contributed by atoms with Gasteiger partial charge in [0.2, 0.25) is 0 Å². The highest BCUT2D eigenvalue weighted by Crippen LogP contribution is 2.26. The summed E-state index contributed by atoms with van der Waals surface area (Å²) < 4.78 is 0. The molecule has 0 heterocycles. The summed E-state index contributed by atoms with van der Waals surface area (Å²) >= 11 is 0. The van der Waals surface area contributed by atoms with Gasteiger partial charge in [0, 0.05) is 12.6 Å². The van der Waals surface area contributed by atoms with Gasteiger partial charge in [-0.2, -0.15) is 0 Å². The van der Waals surface area contributed by atoms with E-state index in [9.17, 15) is 5.11 Å². The van der Waals surface area contributed by atoms with Gasteiger partial charge in [-0.25, -0.2) is 0 Å². The molecule has 0 bridgehead atoms. The molecule has 0 aliphatic heterocycles. The number of aliphatic hydroxyl groups is 1. The van der Waals surface area contributed by atoms with Crippen LogP contribution in [0.5, 0.6) is 0 Å². The van der Waals surface area contributed by atoms with Gasteiger partial charge in [0.15, 0.2) is 0 Å². The van der Waals surface area contributed by atoms with Gasteiger partial charge >= 0.3 is 0 Å². The predicted molar refractivity (Wildman–Crippen MR) is 88.4 cm³/mol. The Balaban J connectivity index is 2.07. The van der Waals surface area contributed by atoms with Crippen molar-refractivity contribution in [3.05, 3.63) is 70.3 Å². The van der Waals surface area contributed by atoms with E-state index in [4.69, 9.17) is 0 Å². The monoisotopic (exact) mass is 283 g/mol. The highest BCUT2D eigenvalue weighted by molar-refractivity contribution is 5.39. The fourth-order valence-electron chi connectivity index (χ4n) is 2.89. The normalized spacial score (nSPS) is 14.0. The molecule has 2 rings (SSSR count). The summed E-state index contributed by atoms with van der Waals surface area (Å²) in [4.78, 5) is 0. The van der Waals surface area contributed by atoms with Crippen LogP contribution in [-0.4, -0.2) is 11.1 Å². The maximum atomic E-state index is 10.7. The number of rotatable bonds is 5. The summed E-state index contributed by atoms with van der Waals surface area (Å²) in [7, 11) is 0. The lowest BCUT2D eigenvalue weighted by atomic mass is 9.92. The van der Waals surface area contributed by atoms with Crippen LogP contribution in [-0.2, 0) is 6.54 Å². The second-order valence-electron chi connectivity index (χ2n) is 5.91. The maximum absolute atomic E-state index is 10.7. The maximum Gasteiger partial charge on any atom is 0.0945 e. The van der Waals surface area contributed by atoms with E-state index in [1.54, 1.807) is 0 Å². The predicted octanol–water partition coefficient (Wildman–Crippen LogP) is 3.82. The molecule has 0 aliphatic rings. The van der Waals surface area contributed by atoms with Crippen molar-refractivity contribution in [3.63, 3.8) is 0 Å². The van der Waals surface area contributed by atoms with Crippen molar-refractivity contribution in [1.29, 1.82) is 0 Å². The number of aryl methyl sites for hydroxylation is 3. The van der Waals surface area contributed by atoms with Crippen molar-refractivity contribution in [3.8, 4) is 0 Å². The SMILES string of the molecule is Cc1cc(C)c(C(O)C(C)NCc2ccccc2)c(C)c1. The van der Waals surface area contributed by atoms with Gasteiger partial charge in [0.25, 0.3) is 0 Å². The first-order valence-corrected chi connectivity index (χ1v) is 7.52. The molecule has 2 atom stereocenters. The van der Waals surface area contributed by atoms with Crippen LogP contribution in [0, 0.1) is 20.8 Å². The standard InChI is InChI=1S/C19H25NO/c1-13-10-14(2)18(15(3)11-13)19(21)16(4)20-12-17-8-6-5-7-9-17/h5-11,16,19-21H,12H2,1-4H3. The summed E-state index contributed by atoms with van der Waals surface area (Å²) in [6.07, 6.45) is -0.491. The van der Waals surface area contributed by atoms with Crippen LogP contribution in [0.2, 0.25) is 0 Å². The Morgan fingerprint density at radius 3 is 2.14 bits per heavy atom. The summed E-state index contributed by atoms with van der Waals surface area (Å²) in [5, 5.41) is 14.1. The fraction of sp³-hybridized carbons (Fsp3) is 0.368. The smallest absolute Gasteiger partial charge is 0.0945 e. The van der Waals surface area contributed by atoms with Crippen molar-refractivity contribution in [1.82, 2.24) is 5.32 Å². The summed E-state index contributed by atoms with van der Waals surface area (Å²) in [6, 6.07) is 14.5. The molecule has 0 aliphatic carbocycles. The molecule has 0 amide bonds. The first kappa shape index (κ1) is 15.7. The van der Waals surface area contributed by atoms with Crippen molar-refractivity contribution >= 4 is 0 Å². The molecule has 0 radical (unpaired) electrons. The second-order valence-corrected chi connectivity index (χ2v) is 5.91. The van der Waals surface area contributed by atoms with Crippen LogP contribution in [0.15, 0.2) is 42.5 Å². The fourth-order valence-corrected chi connectivity index (χ4v) is 2.89. The van der Waals surface area contributed by atoms with E-state index in [1.165, 1.54) is 11.1 Å². The lowest BCUT2D eigenvalue weighted by molar-refractivity contribution is 0.134. The number of aliphatic hydroxyl groups excluding tert-OH is 1. The van der Waals surface area contributed by atoms with Crippen LogP contribution in [0.25, 0.3) is 0 Å². The quantitative estimate of drug-likeness (QED) is 0.874. The van der Waals surface area contributed by atoms with Crippen molar-refractivity contribution in [2.45, 2.75) is 46.4 Å². The van der Waals surface area contributed by atoms with E-state index in [0.717, 1.165) is 23.2 Å². The Hall–Kier alpha value is -1.64. The Morgan fingerprint density at radius 2 is 1.57 bits per heavy atom. The molecule has 2 nitrogen and oxygen atoms in total. The van der Waals surface area contributed by atoms with Crippen LogP contribution in [0.4, 0.5) is 0 Å². The minimum Gasteiger partial charge on any atom is -0.387 e. The lowest BCUT2D eigenvalue weighted by Gasteiger charge is -2.24. The highest BCUT2D eigenvalue weighted by Gasteiger charge is 2.19. The van der Waals surface area contributed by atoms with E-state index in [0.29, 0.717) is 0 Å². The van der Waals surface area contributed by atoms with Gasteiger partial charge in [0.05, 0.1) is 6.10 Å². The molecule has 0 saturated carbocycles. The molecule has 0 saturated heterocycles. The first-order chi connectivity index (χ1) is 9.99. The van der Waals surface area contributed by atoms with Crippen molar-refractivity contribution in [2.75, 3.05) is 0 Å². The minimum absolute atomic E-state index is 0.00492. The Morgan fingerprint density at radius 1 is 1.00 bits per heavy atom. The van der Waals surface area contributed by atoms with Gasteiger partial charge in [-0.1, -0.05) is 48.0 Å². The third-order valence-electron chi connectivity index (χ3n) is 3.98. The zero-order chi connectivity index (χ0) is 15.4. The second kappa shape index (κ2) is 6.88. The van der Waals surface area contributed by atoms with Crippen LogP contribution in [0.3, 0.4) is 0 Å². The van der Waals surface area contributed by atoms with E-state index in [-0.39, 0.29) is 6.04 Å². The number of hydrogen-bond acceptors (Lipinski definition) is 2. The van der Waals surface area contributed by atoms with E-state index in [1.807, 2.05) is 25.1 Å². The Kier molecular flexibility index (Phi) is 5.16. The zero-order valence-electron chi connectivity index (χ0n) is 13.4. The molecule has 2 N–H and O–H groups in total. The summed E-state index contributed by atoms with van der Waals surface area (Å²) in [5.41, 5.74) is 5.84. The summed E-state index contributed by atoms with van der Waals surface area (Å²) in [5.74, 6) is 0. The van der Waals surface area contributed by atoms with Crippen LogP contribution >= 0.6 is 0 Å². The molecule has 2 unspecified atom stereocenters. The lowest BCUT2D eigenvalue weighted by Crippen LogP contribution is -2.32. The zero-order valence-corrected chi connectivity index (χ0v) is 13.4. The molecule has 2 aromatic carbocycles. The van der Waals surface area contributed by atoms with Crippen molar-refractivity contribution in [2.24, 2.45) is 0 Å². The molecule has 2 aromatic rings. The first-order valence-electron chi connectivity index (χ1n) is 7.52. The van der Waals surface area contributed by atoms with E-state index < -0.39 is 6.10 Å². The topological polar surface area (TPSA) is 32.3 Å². The van der Waals surface area contributed by atoms with Gasteiger partial charge < -0.3 is 10.4 Å². The third-order valence-corrected chi connectivity index (χ3v) is 3.98. The third kappa shape index (κ3) is 3.93.